The molecule has 0 spiro atoms. The van der Waals surface area contributed by atoms with Gasteiger partial charge in [-0.05, 0) is 72.6 Å². The lowest BCUT2D eigenvalue weighted by molar-refractivity contribution is -0.274. The predicted molar refractivity (Wildman–Crippen MR) is 158 cm³/mol. The van der Waals surface area contributed by atoms with Gasteiger partial charge in [0.1, 0.15) is 23.0 Å². The minimum atomic E-state index is -4.81. The monoisotopic (exact) mass is 630 g/mol. The molecule has 232 valence electrons. The number of hydrogen-bond donors (Lipinski definition) is 2. The Hall–Kier alpha value is -4.98. The molecule has 0 fully saturated rings. The lowest BCUT2D eigenvalue weighted by atomic mass is 10.1. The number of ether oxygens (including phenoxy) is 4. The molecule has 1 heterocycles. The normalized spacial score (nSPS) is 11.5. The first-order valence-corrected chi connectivity index (χ1v) is 14.0. The molecule has 1 aromatic heterocycles. The van der Waals surface area contributed by atoms with Crippen LogP contribution < -0.4 is 34.4 Å². The maximum atomic E-state index is 13.2. The first-order valence-electron chi connectivity index (χ1n) is 13.1. The van der Waals surface area contributed by atoms with Crippen LogP contribution in [0.15, 0.2) is 77.1 Å². The van der Waals surface area contributed by atoms with Crippen LogP contribution >= 0.6 is 11.3 Å². The van der Waals surface area contributed by atoms with Crippen molar-refractivity contribution >= 4 is 29.0 Å². The molecule has 0 atom stereocenters. The molecule has 3 aromatic carbocycles. The van der Waals surface area contributed by atoms with E-state index in [0.29, 0.717) is 46.2 Å². The van der Waals surface area contributed by atoms with Gasteiger partial charge >= 0.3 is 12.4 Å². The van der Waals surface area contributed by atoms with Gasteiger partial charge in [-0.3, -0.25) is 4.79 Å². The molecule has 0 aliphatic rings. The summed E-state index contributed by atoms with van der Waals surface area (Å²) < 4.78 is 59.3. The van der Waals surface area contributed by atoms with Crippen LogP contribution in [0, 0.1) is 0 Å². The van der Waals surface area contributed by atoms with Gasteiger partial charge in [0.05, 0.1) is 32.6 Å². The number of aromatic nitrogens is 1. The second kappa shape index (κ2) is 14.5. The predicted octanol–water partition coefficient (Wildman–Crippen LogP) is 6.09. The number of rotatable bonds is 11. The topological polar surface area (TPSA) is 112 Å². The number of carbonyl (C=O) groups is 2. The maximum Gasteiger partial charge on any atom is 0.573 e. The third-order valence-electron chi connectivity index (χ3n) is 6.21. The molecule has 3 amide bonds. The van der Waals surface area contributed by atoms with Crippen LogP contribution in [0.25, 0.3) is 11.3 Å². The molecule has 0 bridgehead atoms. The Bertz CT molecular complexity index is 1650. The number of methoxy groups -OCH3 is 3. The third kappa shape index (κ3) is 8.53. The highest BCUT2D eigenvalue weighted by Crippen LogP contribution is 2.28. The molecule has 44 heavy (non-hydrogen) atoms. The first kappa shape index (κ1) is 31.9. The number of halogens is 3. The number of benzene rings is 3. The van der Waals surface area contributed by atoms with Gasteiger partial charge in [-0.1, -0.05) is 0 Å². The fourth-order valence-electron chi connectivity index (χ4n) is 4.10. The molecule has 4 rings (SSSR count). The minimum Gasteiger partial charge on any atom is -0.497 e. The smallest absolute Gasteiger partial charge is 0.497 e. The summed E-state index contributed by atoms with van der Waals surface area (Å²) in [5.74, 6) is 0.536. The van der Waals surface area contributed by atoms with E-state index in [1.54, 1.807) is 59.5 Å². The molecule has 10 nitrogen and oxygen atoms in total. The fourth-order valence-corrected chi connectivity index (χ4v) is 5.04. The average molecular weight is 631 g/mol. The Morgan fingerprint density at radius 1 is 0.886 bits per heavy atom. The summed E-state index contributed by atoms with van der Waals surface area (Å²) in [5, 5.41) is 7.27. The van der Waals surface area contributed by atoms with Crippen LogP contribution in [0.1, 0.15) is 16.8 Å². The molecule has 0 unspecified atom stereocenters. The van der Waals surface area contributed by atoms with Crippen molar-refractivity contribution in [2.75, 3.05) is 33.2 Å². The Labute approximate surface area is 254 Å². The molecule has 0 saturated heterocycles. The SMILES string of the molecule is COc1ccc(NC(=O)NCCCn2c(-c3ccc(OC(F)(F)F)cc3)cs/c2=N\C(=O)c2ccc(OC)cc2OC)cc1. The number of thiazole rings is 1. The van der Waals surface area contributed by atoms with Gasteiger partial charge in [0, 0.05) is 30.2 Å². The Kier molecular flexibility index (Phi) is 10.5. The highest BCUT2D eigenvalue weighted by Gasteiger charge is 2.31. The van der Waals surface area contributed by atoms with E-state index in [1.165, 1.54) is 49.8 Å². The van der Waals surface area contributed by atoms with E-state index >= 15 is 0 Å². The van der Waals surface area contributed by atoms with Crippen molar-refractivity contribution in [1.29, 1.82) is 0 Å². The summed E-state index contributed by atoms with van der Waals surface area (Å²) in [6.45, 7) is 0.608. The van der Waals surface area contributed by atoms with Crippen LogP contribution in [0.2, 0.25) is 0 Å². The zero-order valence-electron chi connectivity index (χ0n) is 23.9. The number of alkyl halides is 3. The molecule has 0 radical (unpaired) electrons. The highest BCUT2D eigenvalue weighted by molar-refractivity contribution is 7.07. The number of carbonyl (C=O) groups excluding carboxylic acids is 2. The Morgan fingerprint density at radius 3 is 2.18 bits per heavy atom. The van der Waals surface area contributed by atoms with Crippen molar-refractivity contribution in [1.82, 2.24) is 9.88 Å². The van der Waals surface area contributed by atoms with Gasteiger partial charge in [-0.25, -0.2) is 4.79 Å². The summed E-state index contributed by atoms with van der Waals surface area (Å²) in [7, 11) is 4.48. The van der Waals surface area contributed by atoms with E-state index in [0.717, 1.165) is 0 Å². The summed E-state index contributed by atoms with van der Waals surface area (Å²) in [4.78, 5) is 30.3. The number of nitrogens with zero attached hydrogens (tertiary/aromatic N) is 2. The summed E-state index contributed by atoms with van der Waals surface area (Å²) in [5.41, 5.74) is 2.01. The van der Waals surface area contributed by atoms with Gasteiger partial charge in [0.25, 0.3) is 5.91 Å². The molecular weight excluding hydrogens is 601 g/mol. The van der Waals surface area contributed by atoms with Crippen LogP contribution in [0.5, 0.6) is 23.0 Å². The lowest BCUT2D eigenvalue weighted by Crippen LogP contribution is -2.30. The molecule has 2 N–H and O–H groups in total. The third-order valence-corrected chi connectivity index (χ3v) is 7.07. The van der Waals surface area contributed by atoms with Crippen LogP contribution in [-0.4, -0.2) is 50.7 Å². The molecule has 0 aliphatic heterocycles. The zero-order chi connectivity index (χ0) is 31.7. The van der Waals surface area contributed by atoms with E-state index in [1.807, 2.05) is 0 Å². The van der Waals surface area contributed by atoms with E-state index in [9.17, 15) is 22.8 Å². The lowest BCUT2D eigenvalue weighted by Gasteiger charge is -2.12. The van der Waals surface area contributed by atoms with Gasteiger partial charge in [-0.15, -0.1) is 24.5 Å². The standard InChI is InChI=1S/C30H29F3N4O6S/c1-40-21-11-7-20(8-12-21)35-28(39)34-15-4-16-37-25(19-5-9-22(10-6-19)43-30(31,32)33)18-44-29(37)36-27(38)24-14-13-23(41-2)17-26(24)42-3/h5-14,17-18H,4,15-16H2,1-3H3,(H2,34,35,39)/b36-29-. The van der Waals surface area contributed by atoms with Crippen molar-refractivity contribution in [3.8, 4) is 34.3 Å². The first-order chi connectivity index (χ1) is 21.1. The van der Waals surface area contributed by atoms with Crippen LogP contribution in [0.4, 0.5) is 23.7 Å². The van der Waals surface area contributed by atoms with Crippen molar-refractivity contribution in [3.63, 3.8) is 0 Å². The van der Waals surface area contributed by atoms with Crippen molar-refractivity contribution in [2.45, 2.75) is 19.3 Å². The van der Waals surface area contributed by atoms with E-state index in [2.05, 4.69) is 20.4 Å². The Balaban J connectivity index is 1.55. The average Bonchev–Trinajstić information content (AvgIpc) is 3.40. The number of hydrogen-bond acceptors (Lipinski definition) is 7. The molecule has 14 heteroatoms. The summed E-state index contributed by atoms with van der Waals surface area (Å²) >= 11 is 1.19. The Morgan fingerprint density at radius 2 is 1.55 bits per heavy atom. The summed E-state index contributed by atoms with van der Waals surface area (Å²) in [6.07, 6.45) is -4.37. The number of amides is 3. The molecular formula is C30H29F3N4O6S. The van der Waals surface area contributed by atoms with Gasteiger partial charge in [0.2, 0.25) is 0 Å². The largest absolute Gasteiger partial charge is 0.573 e. The zero-order valence-corrected chi connectivity index (χ0v) is 24.8. The highest BCUT2D eigenvalue weighted by atomic mass is 32.1. The second-order valence-corrected chi connectivity index (χ2v) is 9.91. The number of urea groups is 1. The van der Waals surface area contributed by atoms with Crippen molar-refractivity contribution in [2.24, 2.45) is 4.99 Å². The molecule has 4 aromatic rings. The number of nitrogens with one attached hydrogen (secondary N) is 2. The van der Waals surface area contributed by atoms with Crippen molar-refractivity contribution < 1.29 is 41.7 Å². The second-order valence-electron chi connectivity index (χ2n) is 9.07. The van der Waals surface area contributed by atoms with E-state index in [4.69, 9.17) is 14.2 Å². The van der Waals surface area contributed by atoms with Crippen molar-refractivity contribution in [3.05, 3.63) is 82.5 Å². The van der Waals surface area contributed by atoms with E-state index < -0.39 is 18.3 Å². The fraction of sp³-hybridized carbons (Fsp3) is 0.233. The minimum absolute atomic E-state index is 0.223. The van der Waals surface area contributed by atoms with Gasteiger partial charge in [0.15, 0.2) is 4.80 Å². The van der Waals surface area contributed by atoms with Gasteiger partial charge < -0.3 is 34.1 Å². The maximum absolute atomic E-state index is 13.2. The van der Waals surface area contributed by atoms with Crippen LogP contribution in [-0.2, 0) is 6.54 Å². The quantitative estimate of drug-likeness (QED) is 0.194. The molecule has 0 aliphatic carbocycles. The van der Waals surface area contributed by atoms with Gasteiger partial charge in [-0.2, -0.15) is 4.99 Å². The molecule has 0 saturated carbocycles. The van der Waals surface area contributed by atoms with E-state index in [-0.39, 0.29) is 23.6 Å². The summed E-state index contributed by atoms with van der Waals surface area (Å²) in [6, 6.07) is 16.6. The number of anilines is 1. The van der Waals surface area contributed by atoms with Crippen LogP contribution in [0.3, 0.4) is 0 Å².